The van der Waals surface area contributed by atoms with Crippen LogP contribution in [0.3, 0.4) is 0 Å². The SMILES string of the molecule is CC(C)c1c[nH]c(-c2nc(N)c3[nH]c(=O)n(Cc4ccccc4)c3n2)n1. The molecular weight excluding hydrogens is 330 g/mol. The molecular formula is C18H19N7O. The first-order chi connectivity index (χ1) is 12.5. The summed E-state index contributed by atoms with van der Waals surface area (Å²) in [6.45, 7) is 4.51. The molecule has 0 fully saturated rings. The predicted molar refractivity (Wildman–Crippen MR) is 99.8 cm³/mol. The van der Waals surface area contributed by atoms with Crippen LogP contribution in [0.15, 0.2) is 41.3 Å². The molecule has 3 aromatic heterocycles. The molecule has 0 spiro atoms. The number of nitrogen functional groups attached to an aromatic ring is 1. The molecule has 8 nitrogen and oxygen atoms in total. The first-order valence-corrected chi connectivity index (χ1v) is 8.38. The molecule has 0 atom stereocenters. The Labute approximate surface area is 149 Å². The van der Waals surface area contributed by atoms with Gasteiger partial charge in [0.05, 0.1) is 12.2 Å². The van der Waals surface area contributed by atoms with Crippen molar-refractivity contribution in [2.75, 3.05) is 5.73 Å². The van der Waals surface area contributed by atoms with Crippen LogP contribution in [0.1, 0.15) is 31.0 Å². The topological polar surface area (TPSA) is 118 Å². The number of hydrogen-bond acceptors (Lipinski definition) is 5. The van der Waals surface area contributed by atoms with Gasteiger partial charge in [0.15, 0.2) is 23.1 Å². The van der Waals surface area contributed by atoms with E-state index in [2.05, 4.69) is 38.8 Å². The van der Waals surface area contributed by atoms with Gasteiger partial charge in [0.1, 0.15) is 5.52 Å². The van der Waals surface area contributed by atoms with Crippen molar-refractivity contribution in [2.24, 2.45) is 0 Å². The molecule has 0 aliphatic rings. The van der Waals surface area contributed by atoms with Crippen molar-refractivity contribution >= 4 is 17.0 Å². The van der Waals surface area contributed by atoms with Gasteiger partial charge in [-0.15, -0.1) is 0 Å². The maximum atomic E-state index is 12.4. The number of rotatable bonds is 4. The zero-order valence-electron chi connectivity index (χ0n) is 14.5. The number of aromatic amines is 2. The Kier molecular flexibility index (Phi) is 3.80. The summed E-state index contributed by atoms with van der Waals surface area (Å²) in [5.74, 6) is 1.39. The van der Waals surface area contributed by atoms with E-state index in [1.165, 1.54) is 0 Å². The molecule has 0 radical (unpaired) electrons. The lowest BCUT2D eigenvalue weighted by molar-refractivity contribution is 0.777. The number of benzene rings is 1. The Balaban J connectivity index is 1.84. The Morgan fingerprint density at radius 3 is 2.62 bits per heavy atom. The van der Waals surface area contributed by atoms with Crippen molar-refractivity contribution in [1.82, 2.24) is 29.5 Å². The van der Waals surface area contributed by atoms with E-state index in [-0.39, 0.29) is 17.4 Å². The van der Waals surface area contributed by atoms with E-state index in [9.17, 15) is 4.79 Å². The lowest BCUT2D eigenvalue weighted by atomic mass is 10.2. The summed E-state index contributed by atoms with van der Waals surface area (Å²) in [5.41, 5.74) is 8.59. The minimum atomic E-state index is -0.274. The Morgan fingerprint density at radius 1 is 1.15 bits per heavy atom. The number of nitrogens with zero attached hydrogens (tertiary/aromatic N) is 4. The number of hydrogen-bond donors (Lipinski definition) is 3. The molecule has 1 aromatic carbocycles. The van der Waals surface area contributed by atoms with Crippen LogP contribution in [0.5, 0.6) is 0 Å². The Hall–Kier alpha value is -3.42. The van der Waals surface area contributed by atoms with E-state index in [1.54, 1.807) is 4.57 Å². The summed E-state index contributed by atoms with van der Waals surface area (Å²) in [4.78, 5) is 31.6. The smallest absolute Gasteiger partial charge is 0.328 e. The second-order valence-electron chi connectivity index (χ2n) is 6.46. The van der Waals surface area contributed by atoms with Crippen molar-refractivity contribution in [2.45, 2.75) is 26.3 Å². The Bertz CT molecular complexity index is 1120. The molecule has 0 amide bonds. The molecule has 0 aliphatic carbocycles. The molecule has 4 aromatic rings. The molecule has 0 saturated carbocycles. The number of nitrogens with two attached hydrogens (primary N) is 1. The summed E-state index contributed by atoms with van der Waals surface area (Å²) in [7, 11) is 0. The number of imidazole rings is 2. The standard InChI is InChI=1S/C18H19N7O/c1-10(2)12-8-20-15(21-12)16-23-14(19)13-17(24-16)25(18(26)22-13)9-11-6-4-3-5-7-11/h3-8,10H,9H2,1-2H3,(H,20,21)(H,22,26)(H2,19,23,24). The van der Waals surface area contributed by atoms with Crippen LogP contribution < -0.4 is 11.4 Å². The highest BCUT2D eigenvalue weighted by Gasteiger charge is 2.17. The third-order valence-electron chi connectivity index (χ3n) is 4.24. The molecule has 0 saturated heterocycles. The molecule has 132 valence electrons. The lowest BCUT2D eigenvalue weighted by Gasteiger charge is -2.05. The zero-order chi connectivity index (χ0) is 18.3. The van der Waals surface area contributed by atoms with E-state index in [0.29, 0.717) is 29.4 Å². The van der Waals surface area contributed by atoms with Gasteiger partial charge < -0.3 is 15.7 Å². The first-order valence-electron chi connectivity index (χ1n) is 8.38. The molecule has 8 heteroatoms. The zero-order valence-corrected chi connectivity index (χ0v) is 14.5. The fourth-order valence-corrected chi connectivity index (χ4v) is 2.82. The number of nitrogens with one attached hydrogen (secondary N) is 2. The van der Waals surface area contributed by atoms with Crippen molar-refractivity contribution in [3.8, 4) is 11.6 Å². The maximum absolute atomic E-state index is 12.4. The molecule has 3 heterocycles. The van der Waals surface area contributed by atoms with E-state index < -0.39 is 0 Å². The second kappa shape index (κ2) is 6.14. The number of anilines is 1. The molecule has 0 aliphatic heterocycles. The van der Waals surface area contributed by atoms with Crippen molar-refractivity contribution in [3.05, 3.63) is 58.3 Å². The van der Waals surface area contributed by atoms with Crippen molar-refractivity contribution in [3.63, 3.8) is 0 Å². The molecule has 0 unspecified atom stereocenters. The van der Waals surface area contributed by atoms with Gasteiger partial charge in [-0.25, -0.2) is 19.7 Å². The van der Waals surface area contributed by atoms with Gasteiger partial charge in [0.2, 0.25) is 0 Å². The van der Waals surface area contributed by atoms with Crippen LogP contribution in [0.2, 0.25) is 0 Å². The Morgan fingerprint density at radius 2 is 1.92 bits per heavy atom. The van der Waals surface area contributed by atoms with Gasteiger partial charge in [-0.1, -0.05) is 44.2 Å². The second-order valence-corrected chi connectivity index (χ2v) is 6.46. The quantitative estimate of drug-likeness (QED) is 0.522. The maximum Gasteiger partial charge on any atom is 0.328 e. The number of H-pyrrole nitrogens is 2. The van der Waals surface area contributed by atoms with Gasteiger partial charge in [0.25, 0.3) is 0 Å². The van der Waals surface area contributed by atoms with E-state index in [1.807, 2.05) is 36.5 Å². The normalized spacial score (nSPS) is 11.5. The van der Waals surface area contributed by atoms with Gasteiger partial charge in [-0.2, -0.15) is 0 Å². The fourth-order valence-electron chi connectivity index (χ4n) is 2.82. The van der Waals surface area contributed by atoms with Gasteiger partial charge in [0, 0.05) is 6.20 Å². The van der Waals surface area contributed by atoms with Crippen LogP contribution in [-0.4, -0.2) is 29.5 Å². The third-order valence-corrected chi connectivity index (χ3v) is 4.24. The monoisotopic (exact) mass is 349 g/mol. The molecule has 0 bridgehead atoms. The minimum Gasteiger partial charge on any atom is -0.382 e. The van der Waals surface area contributed by atoms with Gasteiger partial charge >= 0.3 is 5.69 Å². The largest absolute Gasteiger partial charge is 0.382 e. The average Bonchev–Trinajstić information content (AvgIpc) is 3.23. The first kappa shape index (κ1) is 16.1. The van der Waals surface area contributed by atoms with Crippen molar-refractivity contribution in [1.29, 1.82) is 0 Å². The summed E-state index contributed by atoms with van der Waals surface area (Å²) in [6, 6.07) is 9.71. The fraction of sp³-hybridized carbons (Fsp3) is 0.222. The van der Waals surface area contributed by atoms with Crippen LogP contribution >= 0.6 is 0 Å². The highest BCUT2D eigenvalue weighted by Crippen LogP contribution is 2.21. The third kappa shape index (κ3) is 2.75. The molecule has 4 rings (SSSR count). The number of aromatic nitrogens is 6. The van der Waals surface area contributed by atoms with E-state index in [4.69, 9.17) is 5.73 Å². The molecule has 4 N–H and O–H groups in total. The average molecular weight is 349 g/mol. The molecule has 26 heavy (non-hydrogen) atoms. The lowest BCUT2D eigenvalue weighted by Crippen LogP contribution is -2.17. The van der Waals surface area contributed by atoms with E-state index >= 15 is 0 Å². The van der Waals surface area contributed by atoms with Crippen LogP contribution in [-0.2, 0) is 6.54 Å². The summed E-state index contributed by atoms with van der Waals surface area (Å²) < 4.78 is 1.55. The highest BCUT2D eigenvalue weighted by atomic mass is 16.1. The van der Waals surface area contributed by atoms with Crippen LogP contribution in [0, 0.1) is 0 Å². The van der Waals surface area contributed by atoms with Crippen molar-refractivity contribution < 1.29 is 0 Å². The summed E-state index contributed by atoms with van der Waals surface area (Å²) in [6.07, 6.45) is 1.83. The van der Waals surface area contributed by atoms with E-state index in [0.717, 1.165) is 11.3 Å². The highest BCUT2D eigenvalue weighted by molar-refractivity contribution is 5.83. The number of fused-ring (bicyclic) bond motifs is 1. The van der Waals surface area contributed by atoms with Gasteiger partial charge in [-0.05, 0) is 11.5 Å². The van der Waals surface area contributed by atoms with Gasteiger partial charge in [-0.3, -0.25) is 4.57 Å². The predicted octanol–water partition coefficient (Wildman–Crippen LogP) is 2.26. The summed E-state index contributed by atoms with van der Waals surface area (Å²) >= 11 is 0. The summed E-state index contributed by atoms with van der Waals surface area (Å²) in [5, 5.41) is 0. The van der Waals surface area contributed by atoms with Crippen LogP contribution in [0.25, 0.3) is 22.8 Å². The minimum absolute atomic E-state index is 0.219. The van der Waals surface area contributed by atoms with Crippen LogP contribution in [0.4, 0.5) is 5.82 Å².